The fourth-order valence-electron chi connectivity index (χ4n) is 3.60. The molecular formula is C25H18ClN5OS. The number of H-pyrrole nitrogens is 1. The molecule has 0 radical (unpaired) electrons. The molecule has 33 heavy (non-hydrogen) atoms. The molecule has 0 atom stereocenters. The van der Waals surface area contributed by atoms with Crippen LogP contribution in [0.3, 0.4) is 0 Å². The number of thioether (sulfide) groups is 1. The molecule has 6 nitrogen and oxygen atoms in total. The second kappa shape index (κ2) is 9.44. The maximum Gasteiger partial charge on any atom is 0.237 e. The van der Waals surface area contributed by atoms with Crippen LogP contribution < -0.4 is 5.32 Å². The average Bonchev–Trinajstić information content (AvgIpc) is 3.36. The Labute approximate surface area is 199 Å². The van der Waals surface area contributed by atoms with Gasteiger partial charge >= 0.3 is 0 Å². The summed E-state index contributed by atoms with van der Waals surface area (Å²) >= 11 is 7.58. The van der Waals surface area contributed by atoms with E-state index in [-0.39, 0.29) is 11.7 Å². The largest absolute Gasteiger partial charge is 0.294 e. The first kappa shape index (κ1) is 21.2. The number of amides is 1. The van der Waals surface area contributed by atoms with Crippen LogP contribution in [0.2, 0.25) is 5.02 Å². The number of aromatic amines is 1. The molecule has 162 valence electrons. The zero-order chi connectivity index (χ0) is 22.6. The number of pyridine rings is 1. The number of anilines is 1. The van der Waals surface area contributed by atoms with E-state index in [1.807, 2.05) is 60.7 Å². The molecule has 0 saturated heterocycles. The number of nitrogens with zero attached hydrogens (tertiary/aromatic N) is 3. The van der Waals surface area contributed by atoms with Crippen LogP contribution in [0.25, 0.3) is 33.3 Å². The SMILES string of the molecule is O=C(CSc1c(-c2ccc(Cl)cc2)nc2ccccc2c1-c1ccccc1)Nc1ncn[nH]1. The molecule has 0 bridgehead atoms. The maximum atomic E-state index is 12.6. The minimum Gasteiger partial charge on any atom is -0.294 e. The number of fused-ring (bicyclic) bond motifs is 1. The number of nitrogens with one attached hydrogen (secondary N) is 2. The van der Waals surface area contributed by atoms with Gasteiger partial charge in [-0.25, -0.2) is 10.1 Å². The molecule has 8 heteroatoms. The zero-order valence-corrected chi connectivity index (χ0v) is 18.9. The predicted octanol–water partition coefficient (Wildman–Crippen LogP) is 6.07. The second-order valence-electron chi connectivity index (χ2n) is 7.23. The Morgan fingerprint density at radius 3 is 2.45 bits per heavy atom. The van der Waals surface area contributed by atoms with Gasteiger partial charge < -0.3 is 0 Å². The lowest BCUT2D eigenvalue weighted by atomic mass is 9.98. The van der Waals surface area contributed by atoms with Gasteiger partial charge in [-0.1, -0.05) is 72.3 Å². The van der Waals surface area contributed by atoms with Crippen LogP contribution in [-0.2, 0) is 4.79 Å². The van der Waals surface area contributed by atoms with E-state index in [9.17, 15) is 4.79 Å². The van der Waals surface area contributed by atoms with Crippen LogP contribution in [0.5, 0.6) is 0 Å². The molecule has 3 aromatic carbocycles. The fraction of sp³-hybridized carbons (Fsp3) is 0.0400. The Morgan fingerprint density at radius 1 is 0.939 bits per heavy atom. The summed E-state index contributed by atoms with van der Waals surface area (Å²) in [4.78, 5) is 22.5. The predicted molar refractivity (Wildman–Crippen MR) is 133 cm³/mol. The van der Waals surface area contributed by atoms with Crippen molar-refractivity contribution in [3.63, 3.8) is 0 Å². The van der Waals surface area contributed by atoms with Gasteiger partial charge in [0.2, 0.25) is 11.9 Å². The van der Waals surface area contributed by atoms with Gasteiger partial charge in [0, 0.05) is 26.4 Å². The number of carbonyl (C=O) groups is 1. The second-order valence-corrected chi connectivity index (χ2v) is 8.65. The Kier molecular flexibility index (Phi) is 6.06. The molecule has 0 aliphatic heterocycles. The summed E-state index contributed by atoms with van der Waals surface area (Å²) in [6.45, 7) is 0. The minimum atomic E-state index is -0.189. The number of para-hydroxylation sites is 1. The summed E-state index contributed by atoms with van der Waals surface area (Å²) in [7, 11) is 0. The molecule has 0 unspecified atom stereocenters. The lowest BCUT2D eigenvalue weighted by Crippen LogP contribution is -2.15. The molecule has 0 saturated carbocycles. The summed E-state index contributed by atoms with van der Waals surface area (Å²) in [5.41, 5.74) is 4.73. The molecule has 0 fully saturated rings. The minimum absolute atomic E-state index is 0.182. The van der Waals surface area contributed by atoms with Crippen LogP contribution in [0, 0.1) is 0 Å². The third-order valence-electron chi connectivity index (χ3n) is 5.05. The van der Waals surface area contributed by atoms with Crippen LogP contribution in [-0.4, -0.2) is 31.8 Å². The van der Waals surface area contributed by atoms with E-state index in [4.69, 9.17) is 16.6 Å². The van der Waals surface area contributed by atoms with Crippen molar-refractivity contribution in [3.05, 3.63) is 90.2 Å². The first-order chi connectivity index (χ1) is 16.2. The molecule has 5 rings (SSSR count). The van der Waals surface area contributed by atoms with Gasteiger partial charge in [0.1, 0.15) is 6.33 Å². The Morgan fingerprint density at radius 2 is 1.70 bits per heavy atom. The lowest BCUT2D eigenvalue weighted by molar-refractivity contribution is -0.113. The first-order valence-electron chi connectivity index (χ1n) is 10.2. The smallest absolute Gasteiger partial charge is 0.237 e. The normalized spacial score (nSPS) is 10.9. The molecule has 1 amide bonds. The molecule has 2 N–H and O–H groups in total. The molecule has 0 spiro atoms. The van der Waals surface area contributed by atoms with E-state index >= 15 is 0 Å². The number of halogens is 1. The summed E-state index contributed by atoms with van der Waals surface area (Å²) in [5, 5.41) is 10.8. The Bertz CT molecular complexity index is 1410. The summed E-state index contributed by atoms with van der Waals surface area (Å²) < 4.78 is 0. The quantitative estimate of drug-likeness (QED) is 0.293. The Hall–Kier alpha value is -3.68. The number of rotatable bonds is 6. The molecule has 2 heterocycles. The number of hydrogen-bond acceptors (Lipinski definition) is 5. The highest BCUT2D eigenvalue weighted by molar-refractivity contribution is 8.00. The number of benzene rings is 3. The topological polar surface area (TPSA) is 83.6 Å². The number of aromatic nitrogens is 4. The van der Waals surface area contributed by atoms with Gasteiger partial charge in [-0.05, 0) is 23.8 Å². The first-order valence-corrected chi connectivity index (χ1v) is 11.6. The Balaban J connectivity index is 1.65. The van der Waals surface area contributed by atoms with Crippen molar-refractivity contribution >= 4 is 46.1 Å². The van der Waals surface area contributed by atoms with Crippen LogP contribution in [0.1, 0.15) is 0 Å². The number of carbonyl (C=O) groups excluding carboxylic acids is 1. The molecule has 5 aromatic rings. The molecule has 0 aliphatic rings. The van der Waals surface area contributed by atoms with Gasteiger partial charge in [-0.15, -0.1) is 11.8 Å². The average molecular weight is 472 g/mol. The van der Waals surface area contributed by atoms with Gasteiger partial charge in [0.05, 0.1) is 17.0 Å². The summed E-state index contributed by atoms with van der Waals surface area (Å²) in [5.74, 6) is 0.311. The van der Waals surface area contributed by atoms with E-state index in [0.717, 1.165) is 38.2 Å². The molecular weight excluding hydrogens is 454 g/mol. The summed E-state index contributed by atoms with van der Waals surface area (Å²) in [6, 6.07) is 25.8. The van der Waals surface area contributed by atoms with E-state index < -0.39 is 0 Å². The van der Waals surface area contributed by atoms with Crippen LogP contribution in [0.15, 0.2) is 90.1 Å². The van der Waals surface area contributed by atoms with Gasteiger partial charge in [0.25, 0.3) is 0 Å². The zero-order valence-electron chi connectivity index (χ0n) is 17.3. The van der Waals surface area contributed by atoms with Crippen molar-refractivity contribution in [1.29, 1.82) is 0 Å². The van der Waals surface area contributed by atoms with E-state index in [2.05, 4.69) is 38.7 Å². The summed E-state index contributed by atoms with van der Waals surface area (Å²) in [6.07, 6.45) is 1.35. The van der Waals surface area contributed by atoms with Gasteiger partial charge in [-0.2, -0.15) is 10.1 Å². The highest BCUT2D eigenvalue weighted by atomic mass is 35.5. The van der Waals surface area contributed by atoms with Gasteiger partial charge in [0.15, 0.2) is 0 Å². The monoisotopic (exact) mass is 471 g/mol. The number of hydrogen-bond donors (Lipinski definition) is 2. The van der Waals surface area contributed by atoms with E-state index in [0.29, 0.717) is 11.0 Å². The van der Waals surface area contributed by atoms with E-state index in [1.54, 1.807) is 0 Å². The maximum absolute atomic E-state index is 12.6. The van der Waals surface area contributed by atoms with E-state index in [1.165, 1.54) is 18.1 Å². The van der Waals surface area contributed by atoms with Crippen LogP contribution >= 0.6 is 23.4 Å². The van der Waals surface area contributed by atoms with Crippen molar-refractivity contribution in [2.45, 2.75) is 4.90 Å². The van der Waals surface area contributed by atoms with Crippen molar-refractivity contribution in [1.82, 2.24) is 20.2 Å². The third-order valence-corrected chi connectivity index (χ3v) is 6.39. The van der Waals surface area contributed by atoms with Crippen LogP contribution in [0.4, 0.5) is 5.95 Å². The molecule has 0 aliphatic carbocycles. The lowest BCUT2D eigenvalue weighted by Gasteiger charge is -2.17. The van der Waals surface area contributed by atoms with Crippen molar-refractivity contribution < 1.29 is 4.79 Å². The van der Waals surface area contributed by atoms with Gasteiger partial charge in [-0.3, -0.25) is 10.1 Å². The highest BCUT2D eigenvalue weighted by Gasteiger charge is 2.19. The van der Waals surface area contributed by atoms with Crippen molar-refractivity contribution in [2.24, 2.45) is 0 Å². The highest BCUT2D eigenvalue weighted by Crippen LogP contribution is 2.42. The third kappa shape index (κ3) is 4.60. The van der Waals surface area contributed by atoms with Crippen molar-refractivity contribution in [3.8, 4) is 22.4 Å². The van der Waals surface area contributed by atoms with Crippen molar-refractivity contribution in [2.75, 3.05) is 11.1 Å². The fourth-order valence-corrected chi connectivity index (χ4v) is 4.75. The standard InChI is InChI=1S/C25H18ClN5OS/c26-18-12-10-17(11-13-18)23-24(33-14-21(32)30-25-27-15-28-31-25)22(16-6-2-1-3-7-16)19-8-4-5-9-20(19)29-23/h1-13,15H,14H2,(H2,27,28,30,31,32). The molecule has 2 aromatic heterocycles.